The second kappa shape index (κ2) is 7.67. The van der Waals surface area contributed by atoms with Crippen LogP contribution in [0.4, 0.5) is 0 Å². The number of ether oxygens (including phenoxy) is 1. The van der Waals surface area contributed by atoms with Crippen molar-refractivity contribution in [2.45, 2.75) is 25.5 Å². The zero-order valence-electron chi connectivity index (χ0n) is 14.7. The number of hydrogen-bond donors (Lipinski definition) is 0. The van der Waals surface area contributed by atoms with Crippen LogP contribution >= 0.6 is 0 Å². The van der Waals surface area contributed by atoms with Crippen LogP contribution < -0.4 is 0 Å². The Balaban J connectivity index is 1.60. The number of hydrogen-bond acceptors (Lipinski definition) is 3. The molecule has 4 nitrogen and oxygen atoms in total. The van der Waals surface area contributed by atoms with Crippen LogP contribution in [-0.4, -0.2) is 35.0 Å². The van der Waals surface area contributed by atoms with Gasteiger partial charge in [0, 0.05) is 37.7 Å². The summed E-state index contributed by atoms with van der Waals surface area (Å²) in [6, 6.07) is 17.9. The Bertz CT molecular complexity index is 889. The van der Waals surface area contributed by atoms with Gasteiger partial charge in [0.1, 0.15) is 0 Å². The minimum atomic E-state index is 0.0371. The maximum absolute atomic E-state index is 13.2. The molecule has 1 atom stereocenters. The van der Waals surface area contributed by atoms with Gasteiger partial charge in [0.2, 0.25) is 0 Å². The zero-order valence-corrected chi connectivity index (χ0v) is 14.7. The number of aromatic nitrogens is 1. The molecular weight excluding hydrogens is 324 g/mol. The van der Waals surface area contributed by atoms with Gasteiger partial charge in [-0.2, -0.15) is 0 Å². The quantitative estimate of drug-likeness (QED) is 0.700. The second-order valence-corrected chi connectivity index (χ2v) is 6.74. The van der Waals surface area contributed by atoms with Crippen LogP contribution in [0, 0.1) is 0 Å². The molecule has 2 aromatic carbocycles. The van der Waals surface area contributed by atoms with Crippen molar-refractivity contribution in [3.8, 4) is 0 Å². The Kier molecular flexibility index (Phi) is 4.93. The number of rotatable bonds is 5. The summed E-state index contributed by atoms with van der Waals surface area (Å²) in [7, 11) is 0. The predicted molar refractivity (Wildman–Crippen MR) is 102 cm³/mol. The first-order valence-corrected chi connectivity index (χ1v) is 9.08. The molecule has 1 fully saturated rings. The van der Waals surface area contributed by atoms with E-state index in [9.17, 15) is 4.79 Å². The van der Waals surface area contributed by atoms with Crippen molar-refractivity contribution in [2.24, 2.45) is 0 Å². The molecule has 0 spiro atoms. The monoisotopic (exact) mass is 346 g/mol. The molecular formula is C22H22N2O2. The van der Waals surface area contributed by atoms with E-state index < -0.39 is 0 Å². The molecule has 0 saturated carbocycles. The van der Waals surface area contributed by atoms with Gasteiger partial charge in [-0.25, -0.2) is 0 Å². The molecule has 132 valence electrons. The van der Waals surface area contributed by atoms with Crippen LogP contribution in [0.3, 0.4) is 0 Å². The lowest BCUT2D eigenvalue weighted by Gasteiger charge is -2.26. The minimum absolute atomic E-state index is 0.0371. The third kappa shape index (κ3) is 3.75. The van der Waals surface area contributed by atoms with Crippen molar-refractivity contribution in [1.82, 2.24) is 9.88 Å². The number of carbonyl (C=O) groups is 1. The Labute approximate surface area is 153 Å². The summed E-state index contributed by atoms with van der Waals surface area (Å²) in [6.07, 6.45) is 5.76. The van der Waals surface area contributed by atoms with Gasteiger partial charge in [0.15, 0.2) is 0 Å². The van der Waals surface area contributed by atoms with Gasteiger partial charge in [-0.3, -0.25) is 9.78 Å². The molecule has 0 radical (unpaired) electrons. The van der Waals surface area contributed by atoms with Crippen LogP contribution in [0.15, 0.2) is 67.0 Å². The minimum Gasteiger partial charge on any atom is -0.376 e. The van der Waals surface area contributed by atoms with E-state index in [1.54, 1.807) is 6.20 Å². The average Bonchev–Trinajstić information content (AvgIpc) is 3.20. The van der Waals surface area contributed by atoms with E-state index in [-0.39, 0.29) is 12.0 Å². The summed E-state index contributed by atoms with van der Waals surface area (Å²) in [4.78, 5) is 19.3. The van der Waals surface area contributed by atoms with E-state index in [1.807, 2.05) is 59.6 Å². The van der Waals surface area contributed by atoms with Gasteiger partial charge in [-0.15, -0.1) is 0 Å². The van der Waals surface area contributed by atoms with E-state index in [1.165, 1.54) is 0 Å². The van der Waals surface area contributed by atoms with Crippen LogP contribution in [0.2, 0.25) is 0 Å². The fourth-order valence-corrected chi connectivity index (χ4v) is 3.47. The number of nitrogens with zero attached hydrogens (tertiary/aromatic N) is 2. The normalized spacial score (nSPS) is 16.7. The average molecular weight is 346 g/mol. The second-order valence-electron chi connectivity index (χ2n) is 6.74. The van der Waals surface area contributed by atoms with Crippen molar-refractivity contribution in [2.75, 3.05) is 13.2 Å². The highest BCUT2D eigenvalue weighted by molar-refractivity contribution is 5.98. The highest BCUT2D eigenvalue weighted by Gasteiger charge is 2.24. The fourth-order valence-electron chi connectivity index (χ4n) is 3.47. The summed E-state index contributed by atoms with van der Waals surface area (Å²) in [5.41, 5.74) is 1.74. The molecule has 3 aromatic rings. The lowest BCUT2D eigenvalue weighted by Crippen LogP contribution is -2.37. The Hall–Kier alpha value is -2.72. The fraction of sp³-hybridized carbons (Fsp3) is 0.273. The smallest absolute Gasteiger partial charge is 0.254 e. The first kappa shape index (κ1) is 16.7. The Morgan fingerprint density at radius 1 is 1.12 bits per heavy atom. The molecule has 4 rings (SSSR count). The standard InChI is InChI=1S/C22H22N2O2/c25-22(20-10-9-18-6-1-2-7-19(18)13-20)24(16-21-8-4-12-26-21)15-17-5-3-11-23-14-17/h1-3,5-7,9-11,13-14,21H,4,8,12,15-16H2/t21-/m1/s1. The lowest BCUT2D eigenvalue weighted by molar-refractivity contribution is 0.0507. The summed E-state index contributed by atoms with van der Waals surface area (Å²) in [6.45, 7) is 1.94. The largest absolute Gasteiger partial charge is 0.376 e. The lowest BCUT2D eigenvalue weighted by atomic mass is 10.1. The first-order chi connectivity index (χ1) is 12.8. The van der Waals surface area contributed by atoms with Crippen molar-refractivity contribution in [1.29, 1.82) is 0 Å². The molecule has 1 saturated heterocycles. The molecule has 26 heavy (non-hydrogen) atoms. The molecule has 4 heteroatoms. The van der Waals surface area contributed by atoms with Crippen molar-refractivity contribution >= 4 is 16.7 Å². The number of amides is 1. The van der Waals surface area contributed by atoms with E-state index >= 15 is 0 Å². The van der Waals surface area contributed by atoms with Crippen molar-refractivity contribution in [3.63, 3.8) is 0 Å². The highest BCUT2D eigenvalue weighted by atomic mass is 16.5. The molecule has 1 aliphatic heterocycles. The van der Waals surface area contributed by atoms with Gasteiger partial charge in [0.05, 0.1) is 6.10 Å². The summed E-state index contributed by atoms with van der Waals surface area (Å²) < 4.78 is 5.77. The van der Waals surface area contributed by atoms with Crippen LogP contribution in [0.25, 0.3) is 10.8 Å². The van der Waals surface area contributed by atoms with Gasteiger partial charge in [-0.05, 0) is 47.4 Å². The molecule has 1 aliphatic rings. The van der Waals surface area contributed by atoms with E-state index in [4.69, 9.17) is 4.74 Å². The third-order valence-electron chi connectivity index (χ3n) is 4.83. The third-order valence-corrected chi connectivity index (χ3v) is 4.83. The van der Waals surface area contributed by atoms with Gasteiger partial charge < -0.3 is 9.64 Å². The number of fused-ring (bicyclic) bond motifs is 1. The van der Waals surface area contributed by atoms with Crippen molar-refractivity contribution in [3.05, 3.63) is 78.1 Å². The number of carbonyl (C=O) groups excluding carboxylic acids is 1. The number of benzene rings is 2. The zero-order chi connectivity index (χ0) is 17.8. The molecule has 0 N–H and O–H groups in total. The van der Waals surface area contributed by atoms with Gasteiger partial charge >= 0.3 is 0 Å². The molecule has 0 aliphatic carbocycles. The van der Waals surface area contributed by atoms with Gasteiger partial charge in [0.25, 0.3) is 5.91 Å². The van der Waals surface area contributed by atoms with Crippen LogP contribution in [0.1, 0.15) is 28.8 Å². The maximum Gasteiger partial charge on any atom is 0.254 e. The topological polar surface area (TPSA) is 42.4 Å². The molecule has 0 bridgehead atoms. The molecule has 0 unspecified atom stereocenters. The first-order valence-electron chi connectivity index (χ1n) is 9.08. The Morgan fingerprint density at radius 3 is 2.77 bits per heavy atom. The molecule has 1 aromatic heterocycles. The van der Waals surface area contributed by atoms with E-state index in [0.717, 1.165) is 35.8 Å². The van der Waals surface area contributed by atoms with E-state index in [0.29, 0.717) is 18.7 Å². The van der Waals surface area contributed by atoms with E-state index in [2.05, 4.69) is 11.1 Å². The van der Waals surface area contributed by atoms with Gasteiger partial charge in [-0.1, -0.05) is 36.4 Å². The summed E-state index contributed by atoms with van der Waals surface area (Å²) >= 11 is 0. The molecule has 2 heterocycles. The maximum atomic E-state index is 13.2. The SMILES string of the molecule is O=C(c1ccc2ccccc2c1)N(Cc1cccnc1)C[C@H]1CCCO1. The highest BCUT2D eigenvalue weighted by Crippen LogP contribution is 2.20. The van der Waals surface area contributed by atoms with Crippen molar-refractivity contribution < 1.29 is 9.53 Å². The summed E-state index contributed by atoms with van der Waals surface area (Å²) in [5, 5.41) is 2.22. The van der Waals surface area contributed by atoms with Crippen LogP contribution in [-0.2, 0) is 11.3 Å². The van der Waals surface area contributed by atoms with Crippen LogP contribution in [0.5, 0.6) is 0 Å². The predicted octanol–water partition coefficient (Wildman–Crippen LogP) is 4.06. The number of pyridine rings is 1. The summed E-state index contributed by atoms with van der Waals surface area (Å²) in [5.74, 6) is 0.0371. The molecule has 1 amide bonds. The Morgan fingerprint density at radius 2 is 2.00 bits per heavy atom.